The van der Waals surface area contributed by atoms with Crippen molar-refractivity contribution in [3.63, 3.8) is 0 Å². The Balaban J connectivity index is 2.02. The van der Waals surface area contributed by atoms with Gasteiger partial charge in [-0.3, -0.25) is 9.48 Å². The number of rotatable bonds is 2. The van der Waals surface area contributed by atoms with E-state index in [1.807, 2.05) is 16.9 Å². The average Bonchev–Trinajstić information content (AvgIpc) is 2.86. The van der Waals surface area contributed by atoms with Crippen LogP contribution >= 0.6 is 0 Å². The molecule has 1 aliphatic rings. The van der Waals surface area contributed by atoms with Crippen molar-refractivity contribution in [1.29, 1.82) is 0 Å². The average molecular weight is 191 g/mol. The third-order valence-corrected chi connectivity index (χ3v) is 2.55. The van der Waals surface area contributed by atoms with Gasteiger partial charge in [0.1, 0.15) is 0 Å². The van der Waals surface area contributed by atoms with Gasteiger partial charge < -0.3 is 4.90 Å². The highest BCUT2D eigenvalue weighted by Gasteiger charge is 2.25. The molecule has 74 valence electrons. The monoisotopic (exact) mass is 191 g/mol. The Labute approximate surface area is 82.8 Å². The molecule has 1 fully saturated rings. The van der Waals surface area contributed by atoms with E-state index in [-0.39, 0.29) is 5.91 Å². The van der Waals surface area contributed by atoms with Crippen LogP contribution in [0.4, 0.5) is 0 Å². The Morgan fingerprint density at radius 1 is 1.64 bits per heavy atom. The van der Waals surface area contributed by atoms with Crippen molar-refractivity contribution in [2.45, 2.75) is 12.5 Å². The van der Waals surface area contributed by atoms with E-state index in [1.165, 1.54) is 6.08 Å². The molecule has 0 aromatic carbocycles. The predicted octanol–water partition coefficient (Wildman–Crippen LogP) is 0.842. The van der Waals surface area contributed by atoms with Crippen molar-refractivity contribution in [1.82, 2.24) is 14.7 Å². The molecular formula is C10H13N3O. The van der Waals surface area contributed by atoms with Crippen molar-refractivity contribution >= 4 is 5.91 Å². The van der Waals surface area contributed by atoms with Gasteiger partial charge in [-0.15, -0.1) is 0 Å². The molecule has 0 N–H and O–H groups in total. The summed E-state index contributed by atoms with van der Waals surface area (Å²) >= 11 is 0. The zero-order valence-electron chi connectivity index (χ0n) is 7.97. The molecule has 0 bridgehead atoms. The first-order chi connectivity index (χ1) is 6.81. The van der Waals surface area contributed by atoms with Gasteiger partial charge in [0.25, 0.3) is 0 Å². The molecule has 2 rings (SSSR count). The lowest BCUT2D eigenvalue weighted by Crippen LogP contribution is -2.27. The minimum atomic E-state index is 0.0136. The van der Waals surface area contributed by atoms with Gasteiger partial charge in [0, 0.05) is 25.5 Å². The lowest BCUT2D eigenvalue weighted by atomic mass is 10.3. The second-order valence-electron chi connectivity index (χ2n) is 3.42. The van der Waals surface area contributed by atoms with Crippen LogP contribution in [0.15, 0.2) is 31.1 Å². The Bertz CT molecular complexity index is 331. The molecule has 0 aliphatic carbocycles. The van der Waals surface area contributed by atoms with Crippen LogP contribution in [-0.2, 0) is 4.79 Å². The number of amides is 1. The molecule has 1 aliphatic heterocycles. The Kier molecular flexibility index (Phi) is 2.35. The van der Waals surface area contributed by atoms with E-state index in [0.717, 1.165) is 19.5 Å². The van der Waals surface area contributed by atoms with Crippen LogP contribution in [0.25, 0.3) is 0 Å². The lowest BCUT2D eigenvalue weighted by Gasteiger charge is -2.14. The quantitative estimate of drug-likeness (QED) is 0.650. The van der Waals surface area contributed by atoms with Gasteiger partial charge in [-0.2, -0.15) is 5.10 Å². The number of hydrogen-bond acceptors (Lipinski definition) is 2. The van der Waals surface area contributed by atoms with Crippen molar-refractivity contribution < 1.29 is 4.79 Å². The molecule has 1 saturated heterocycles. The number of carbonyl (C=O) groups excluding carboxylic acids is 1. The van der Waals surface area contributed by atoms with E-state index in [2.05, 4.69) is 11.7 Å². The number of likely N-dealkylation sites (tertiary alicyclic amines) is 1. The smallest absolute Gasteiger partial charge is 0.246 e. The molecule has 0 saturated carbocycles. The molecule has 4 nitrogen and oxygen atoms in total. The first-order valence-electron chi connectivity index (χ1n) is 4.71. The Morgan fingerprint density at radius 2 is 2.50 bits per heavy atom. The maximum absolute atomic E-state index is 11.3. The summed E-state index contributed by atoms with van der Waals surface area (Å²) in [5, 5.41) is 4.17. The van der Waals surface area contributed by atoms with Crippen molar-refractivity contribution in [3.8, 4) is 0 Å². The highest BCUT2D eigenvalue weighted by molar-refractivity contribution is 5.87. The summed E-state index contributed by atoms with van der Waals surface area (Å²) in [5.74, 6) is 0.0136. The molecule has 1 aromatic rings. The first-order valence-corrected chi connectivity index (χ1v) is 4.71. The normalized spacial score (nSPS) is 21.1. The largest absolute Gasteiger partial charge is 0.337 e. The van der Waals surface area contributed by atoms with Gasteiger partial charge in [0.15, 0.2) is 0 Å². The molecule has 1 aromatic heterocycles. The third kappa shape index (κ3) is 1.55. The van der Waals surface area contributed by atoms with Crippen LogP contribution in [0, 0.1) is 0 Å². The summed E-state index contributed by atoms with van der Waals surface area (Å²) in [7, 11) is 0. The zero-order valence-corrected chi connectivity index (χ0v) is 7.97. The molecule has 1 atom stereocenters. The molecule has 14 heavy (non-hydrogen) atoms. The summed E-state index contributed by atoms with van der Waals surface area (Å²) in [6, 6.07) is 2.23. The van der Waals surface area contributed by atoms with Crippen molar-refractivity contribution in [2.24, 2.45) is 0 Å². The highest BCUT2D eigenvalue weighted by atomic mass is 16.2. The molecule has 2 heterocycles. The van der Waals surface area contributed by atoms with Gasteiger partial charge in [0.2, 0.25) is 5.91 Å². The standard InChI is InChI=1S/C10H13N3O/c1-2-10(14)12-7-4-9(8-12)13-6-3-5-11-13/h2-3,5-6,9H,1,4,7-8H2. The van der Waals surface area contributed by atoms with Gasteiger partial charge in [0.05, 0.1) is 6.04 Å². The number of hydrogen-bond donors (Lipinski definition) is 0. The Hall–Kier alpha value is -1.58. The number of nitrogens with zero attached hydrogens (tertiary/aromatic N) is 3. The summed E-state index contributed by atoms with van der Waals surface area (Å²) in [6.45, 7) is 5.02. The zero-order chi connectivity index (χ0) is 9.97. The van der Waals surface area contributed by atoms with E-state index in [9.17, 15) is 4.79 Å². The first kappa shape index (κ1) is 8.99. The van der Waals surface area contributed by atoms with E-state index < -0.39 is 0 Å². The van der Waals surface area contributed by atoms with Gasteiger partial charge in [-0.25, -0.2) is 0 Å². The topological polar surface area (TPSA) is 38.1 Å². The van der Waals surface area contributed by atoms with Crippen LogP contribution < -0.4 is 0 Å². The van der Waals surface area contributed by atoms with Crippen molar-refractivity contribution in [3.05, 3.63) is 31.1 Å². The van der Waals surface area contributed by atoms with Crippen molar-refractivity contribution in [2.75, 3.05) is 13.1 Å². The van der Waals surface area contributed by atoms with E-state index in [4.69, 9.17) is 0 Å². The molecule has 1 amide bonds. The van der Waals surface area contributed by atoms with E-state index in [1.54, 1.807) is 11.1 Å². The molecule has 0 radical (unpaired) electrons. The van der Waals surface area contributed by atoms with Crippen LogP contribution in [0.1, 0.15) is 12.5 Å². The minimum Gasteiger partial charge on any atom is -0.337 e. The number of carbonyl (C=O) groups is 1. The van der Waals surface area contributed by atoms with Crippen LogP contribution in [-0.4, -0.2) is 33.7 Å². The lowest BCUT2D eigenvalue weighted by molar-refractivity contribution is -0.125. The maximum atomic E-state index is 11.3. The third-order valence-electron chi connectivity index (χ3n) is 2.55. The SMILES string of the molecule is C=CC(=O)N1CCC(n2cccn2)C1. The second kappa shape index (κ2) is 3.65. The molecule has 1 unspecified atom stereocenters. The fourth-order valence-corrected chi connectivity index (χ4v) is 1.78. The van der Waals surface area contributed by atoms with Gasteiger partial charge in [-0.05, 0) is 18.6 Å². The molecule has 0 spiro atoms. The predicted molar refractivity (Wildman–Crippen MR) is 52.7 cm³/mol. The van der Waals surface area contributed by atoms with E-state index in [0.29, 0.717) is 6.04 Å². The van der Waals surface area contributed by atoms with Crippen LogP contribution in [0.2, 0.25) is 0 Å². The maximum Gasteiger partial charge on any atom is 0.246 e. The van der Waals surface area contributed by atoms with Crippen LogP contribution in [0.3, 0.4) is 0 Å². The van der Waals surface area contributed by atoms with Crippen LogP contribution in [0.5, 0.6) is 0 Å². The summed E-state index contributed by atoms with van der Waals surface area (Å²) in [6.07, 6.45) is 6.04. The van der Waals surface area contributed by atoms with Gasteiger partial charge >= 0.3 is 0 Å². The van der Waals surface area contributed by atoms with Gasteiger partial charge in [-0.1, -0.05) is 6.58 Å². The summed E-state index contributed by atoms with van der Waals surface area (Å²) < 4.78 is 1.91. The fraction of sp³-hybridized carbons (Fsp3) is 0.400. The summed E-state index contributed by atoms with van der Waals surface area (Å²) in [4.78, 5) is 13.1. The molecule has 4 heteroatoms. The Morgan fingerprint density at radius 3 is 3.14 bits per heavy atom. The van der Waals surface area contributed by atoms with E-state index >= 15 is 0 Å². The number of aromatic nitrogens is 2. The highest BCUT2D eigenvalue weighted by Crippen LogP contribution is 2.20. The second-order valence-corrected chi connectivity index (χ2v) is 3.42. The summed E-state index contributed by atoms with van der Waals surface area (Å²) in [5.41, 5.74) is 0. The fourth-order valence-electron chi connectivity index (χ4n) is 1.78. The molecular weight excluding hydrogens is 178 g/mol. The minimum absolute atomic E-state index is 0.0136.